The lowest BCUT2D eigenvalue weighted by molar-refractivity contribution is -0.136. The van der Waals surface area contributed by atoms with E-state index < -0.39 is 11.7 Å². The van der Waals surface area contributed by atoms with Crippen molar-refractivity contribution in [2.24, 2.45) is 0 Å². The Balaban J connectivity index is 1.85. The number of imidazole rings is 1. The van der Waals surface area contributed by atoms with Crippen LogP contribution >= 0.6 is 0 Å². The van der Waals surface area contributed by atoms with Crippen molar-refractivity contribution in [1.29, 1.82) is 0 Å². The fraction of sp³-hybridized carbons (Fsp3) is 0.286. The van der Waals surface area contributed by atoms with Crippen LogP contribution in [-0.2, 0) is 12.6 Å². The molecule has 4 heterocycles. The number of alkyl halides is 3. The van der Waals surface area contributed by atoms with Gasteiger partial charge in [0.1, 0.15) is 0 Å². The van der Waals surface area contributed by atoms with Crippen LogP contribution in [0.5, 0.6) is 0 Å². The third-order valence-corrected chi connectivity index (χ3v) is 3.87. The smallest absolute Gasteiger partial charge is 0.348 e. The molecule has 2 N–H and O–H groups in total. The van der Waals surface area contributed by atoms with Gasteiger partial charge in [0.25, 0.3) is 0 Å². The molecule has 3 aromatic rings. The molecular formula is C14H12F3N5. The van der Waals surface area contributed by atoms with E-state index in [-0.39, 0.29) is 11.6 Å². The van der Waals surface area contributed by atoms with Crippen LogP contribution in [0.25, 0.3) is 5.52 Å². The highest BCUT2D eigenvalue weighted by molar-refractivity contribution is 5.57. The second-order valence-electron chi connectivity index (χ2n) is 5.22. The summed E-state index contributed by atoms with van der Waals surface area (Å²) in [5.74, 6) is 0. The summed E-state index contributed by atoms with van der Waals surface area (Å²) in [7, 11) is 0. The third-order valence-electron chi connectivity index (χ3n) is 3.87. The lowest BCUT2D eigenvalue weighted by Crippen LogP contribution is -2.31. The van der Waals surface area contributed by atoms with Crippen LogP contribution in [0.4, 0.5) is 13.2 Å². The van der Waals surface area contributed by atoms with Gasteiger partial charge in [0.2, 0.25) is 0 Å². The molecule has 0 aromatic carbocycles. The van der Waals surface area contributed by atoms with Crippen LogP contribution in [0, 0.1) is 0 Å². The van der Waals surface area contributed by atoms with Gasteiger partial charge >= 0.3 is 6.18 Å². The molecule has 114 valence electrons. The molecule has 0 saturated carbocycles. The highest BCUT2D eigenvalue weighted by Crippen LogP contribution is 2.34. The number of pyridine rings is 1. The highest BCUT2D eigenvalue weighted by atomic mass is 19.4. The number of hydrogen-bond acceptors (Lipinski definition) is 3. The van der Waals surface area contributed by atoms with Gasteiger partial charge in [0, 0.05) is 24.9 Å². The summed E-state index contributed by atoms with van der Waals surface area (Å²) in [6, 6.07) is 3.59. The molecule has 8 heteroatoms. The number of nitrogens with one attached hydrogen (secondary N) is 2. The van der Waals surface area contributed by atoms with Gasteiger partial charge in [-0.25, -0.2) is 9.50 Å². The molecule has 1 aliphatic heterocycles. The van der Waals surface area contributed by atoms with Gasteiger partial charge in [0.05, 0.1) is 34.8 Å². The second-order valence-corrected chi connectivity index (χ2v) is 5.22. The number of nitrogens with zero attached hydrogens (tertiary/aromatic N) is 3. The SMILES string of the molecule is FC(F)(F)c1cccn2nc(C3NCCc4[nH]cnc43)cc12. The average molecular weight is 307 g/mol. The Bertz CT molecular complexity index is 832. The Labute approximate surface area is 123 Å². The van der Waals surface area contributed by atoms with E-state index in [9.17, 15) is 13.2 Å². The van der Waals surface area contributed by atoms with Crippen molar-refractivity contribution in [2.75, 3.05) is 6.54 Å². The molecule has 4 rings (SSSR count). The molecular weight excluding hydrogens is 295 g/mol. The van der Waals surface area contributed by atoms with Crippen LogP contribution < -0.4 is 5.32 Å². The van der Waals surface area contributed by atoms with Crippen LogP contribution in [0.3, 0.4) is 0 Å². The van der Waals surface area contributed by atoms with Crippen LogP contribution in [0.2, 0.25) is 0 Å². The maximum Gasteiger partial charge on any atom is 0.418 e. The molecule has 0 saturated heterocycles. The molecule has 1 unspecified atom stereocenters. The molecule has 5 nitrogen and oxygen atoms in total. The maximum absolute atomic E-state index is 13.1. The molecule has 0 aliphatic carbocycles. The number of aromatic amines is 1. The Morgan fingerprint density at radius 2 is 2.18 bits per heavy atom. The van der Waals surface area contributed by atoms with E-state index in [0.717, 1.165) is 30.4 Å². The largest absolute Gasteiger partial charge is 0.418 e. The zero-order chi connectivity index (χ0) is 15.3. The zero-order valence-electron chi connectivity index (χ0n) is 11.4. The van der Waals surface area contributed by atoms with E-state index in [1.54, 1.807) is 6.33 Å². The molecule has 0 fully saturated rings. The first-order chi connectivity index (χ1) is 10.5. The second kappa shape index (κ2) is 4.57. The van der Waals surface area contributed by atoms with Gasteiger partial charge in [-0.05, 0) is 18.2 Å². The fourth-order valence-electron chi connectivity index (χ4n) is 2.88. The van der Waals surface area contributed by atoms with Crippen LogP contribution in [0.1, 0.15) is 28.7 Å². The number of H-pyrrole nitrogens is 1. The molecule has 0 bridgehead atoms. The van der Waals surface area contributed by atoms with Gasteiger partial charge in [-0.2, -0.15) is 18.3 Å². The minimum Gasteiger partial charge on any atom is -0.348 e. The highest BCUT2D eigenvalue weighted by Gasteiger charge is 2.34. The van der Waals surface area contributed by atoms with E-state index in [1.807, 2.05) is 0 Å². The Morgan fingerprint density at radius 1 is 1.32 bits per heavy atom. The number of aromatic nitrogens is 4. The maximum atomic E-state index is 13.1. The van der Waals surface area contributed by atoms with E-state index >= 15 is 0 Å². The first-order valence-corrected chi connectivity index (χ1v) is 6.85. The summed E-state index contributed by atoms with van der Waals surface area (Å²) in [6.45, 7) is 0.722. The van der Waals surface area contributed by atoms with Crippen LogP contribution in [0.15, 0.2) is 30.7 Å². The first-order valence-electron chi connectivity index (χ1n) is 6.85. The van der Waals surface area contributed by atoms with Gasteiger partial charge in [-0.3, -0.25) is 0 Å². The Hall–Kier alpha value is -2.35. The van der Waals surface area contributed by atoms with Crippen molar-refractivity contribution >= 4 is 5.52 Å². The fourth-order valence-corrected chi connectivity index (χ4v) is 2.88. The normalized spacial score (nSPS) is 18.6. The summed E-state index contributed by atoms with van der Waals surface area (Å²) in [4.78, 5) is 7.33. The molecule has 22 heavy (non-hydrogen) atoms. The summed E-state index contributed by atoms with van der Waals surface area (Å²) in [5.41, 5.74) is 1.69. The van der Waals surface area contributed by atoms with E-state index in [2.05, 4.69) is 20.4 Å². The van der Waals surface area contributed by atoms with E-state index in [4.69, 9.17) is 0 Å². The quantitative estimate of drug-likeness (QED) is 0.725. The number of hydrogen-bond donors (Lipinski definition) is 2. The zero-order valence-corrected chi connectivity index (χ0v) is 11.4. The number of fused-ring (bicyclic) bond motifs is 2. The summed E-state index contributed by atoms with van der Waals surface area (Å²) < 4.78 is 40.5. The molecule has 1 atom stereocenters. The monoisotopic (exact) mass is 307 g/mol. The average Bonchev–Trinajstić information content (AvgIpc) is 3.11. The van der Waals surface area contributed by atoms with Crippen molar-refractivity contribution in [3.8, 4) is 0 Å². The van der Waals surface area contributed by atoms with Crippen LogP contribution in [-0.4, -0.2) is 26.1 Å². The molecule has 0 radical (unpaired) electrons. The summed E-state index contributed by atoms with van der Waals surface area (Å²) >= 11 is 0. The summed E-state index contributed by atoms with van der Waals surface area (Å²) in [6.07, 6.45) is -0.478. The van der Waals surface area contributed by atoms with Crippen molar-refractivity contribution < 1.29 is 13.2 Å². The van der Waals surface area contributed by atoms with Crippen molar-refractivity contribution in [2.45, 2.75) is 18.6 Å². The predicted molar refractivity (Wildman–Crippen MR) is 72.3 cm³/mol. The van der Waals surface area contributed by atoms with Crippen molar-refractivity contribution in [3.63, 3.8) is 0 Å². The Morgan fingerprint density at radius 3 is 3.00 bits per heavy atom. The molecule has 0 spiro atoms. The number of rotatable bonds is 1. The van der Waals surface area contributed by atoms with Crippen molar-refractivity contribution in [3.05, 3.63) is 53.4 Å². The third kappa shape index (κ3) is 1.98. The minimum absolute atomic E-state index is 0.0504. The van der Waals surface area contributed by atoms with Gasteiger partial charge in [0.15, 0.2) is 0 Å². The predicted octanol–water partition coefficient (Wildman–Crippen LogP) is 2.31. The lowest BCUT2D eigenvalue weighted by atomic mass is 10.0. The number of halogens is 3. The lowest BCUT2D eigenvalue weighted by Gasteiger charge is -2.21. The Kier molecular flexibility index (Phi) is 2.77. The molecule has 0 amide bonds. The van der Waals surface area contributed by atoms with Gasteiger partial charge in [-0.1, -0.05) is 0 Å². The van der Waals surface area contributed by atoms with Gasteiger partial charge in [-0.15, -0.1) is 0 Å². The van der Waals surface area contributed by atoms with Gasteiger partial charge < -0.3 is 10.3 Å². The van der Waals surface area contributed by atoms with Crippen molar-refractivity contribution in [1.82, 2.24) is 24.9 Å². The summed E-state index contributed by atoms with van der Waals surface area (Å²) in [5, 5.41) is 7.55. The topological polar surface area (TPSA) is 58.0 Å². The molecule has 1 aliphatic rings. The van der Waals surface area contributed by atoms with E-state index in [1.165, 1.54) is 22.8 Å². The first kappa shape index (κ1) is 13.3. The van der Waals surface area contributed by atoms with E-state index in [0.29, 0.717) is 5.69 Å². The standard InChI is InChI=1S/C14H12F3N5/c15-14(16,17)8-2-1-5-22-11(8)6-10(21-22)13-12-9(3-4-18-13)19-7-20-12/h1-2,5-7,13,18H,3-4H2,(H,19,20). The minimum atomic E-state index is -4.41. The molecule has 3 aromatic heterocycles.